The minimum absolute atomic E-state index is 0.0349. The van der Waals surface area contributed by atoms with E-state index in [9.17, 15) is 9.18 Å². The molecule has 1 fully saturated rings. The van der Waals surface area contributed by atoms with E-state index in [1.54, 1.807) is 0 Å². The van der Waals surface area contributed by atoms with Crippen molar-refractivity contribution in [2.75, 3.05) is 29.9 Å². The van der Waals surface area contributed by atoms with Gasteiger partial charge >= 0.3 is 0 Å². The van der Waals surface area contributed by atoms with Crippen LogP contribution in [0.25, 0.3) is 0 Å². The SMILES string of the molecule is O=C(COc1ccc(F)c(Cl)c1)Nc1ccccc1N1CCCC1. The maximum absolute atomic E-state index is 13.1. The summed E-state index contributed by atoms with van der Waals surface area (Å²) in [5, 5.41) is 2.84. The number of nitrogens with one attached hydrogen (secondary N) is 1. The zero-order valence-electron chi connectivity index (χ0n) is 13.1. The number of hydrogen-bond acceptors (Lipinski definition) is 3. The van der Waals surface area contributed by atoms with Gasteiger partial charge in [-0.25, -0.2) is 4.39 Å². The van der Waals surface area contributed by atoms with Gasteiger partial charge in [-0.3, -0.25) is 4.79 Å². The number of halogens is 2. The molecule has 2 aromatic carbocycles. The van der Waals surface area contributed by atoms with Gasteiger partial charge in [0.25, 0.3) is 5.91 Å². The van der Waals surface area contributed by atoms with Gasteiger partial charge in [-0.2, -0.15) is 0 Å². The molecule has 4 nitrogen and oxygen atoms in total. The van der Waals surface area contributed by atoms with Crippen LogP contribution in [-0.2, 0) is 4.79 Å². The van der Waals surface area contributed by atoms with Crippen molar-refractivity contribution in [3.8, 4) is 5.75 Å². The second-order valence-electron chi connectivity index (χ2n) is 5.62. The second kappa shape index (κ2) is 7.53. The number of para-hydroxylation sites is 2. The Balaban J connectivity index is 1.61. The van der Waals surface area contributed by atoms with Crippen molar-refractivity contribution in [2.45, 2.75) is 12.8 Å². The Labute approximate surface area is 145 Å². The minimum Gasteiger partial charge on any atom is -0.484 e. The summed E-state index contributed by atoms with van der Waals surface area (Å²) in [6.07, 6.45) is 2.33. The van der Waals surface area contributed by atoms with Gasteiger partial charge in [0.15, 0.2) is 6.61 Å². The third-order valence-electron chi connectivity index (χ3n) is 3.89. The van der Waals surface area contributed by atoms with Crippen molar-refractivity contribution >= 4 is 28.9 Å². The van der Waals surface area contributed by atoms with Gasteiger partial charge in [0.1, 0.15) is 11.6 Å². The third kappa shape index (κ3) is 3.97. The molecule has 1 N–H and O–H groups in total. The Morgan fingerprint density at radius 3 is 2.71 bits per heavy atom. The highest BCUT2D eigenvalue weighted by Crippen LogP contribution is 2.28. The van der Waals surface area contributed by atoms with Crippen LogP contribution in [0.5, 0.6) is 5.75 Å². The van der Waals surface area contributed by atoms with E-state index in [0.717, 1.165) is 37.3 Å². The summed E-state index contributed by atoms with van der Waals surface area (Å²) in [4.78, 5) is 14.4. The van der Waals surface area contributed by atoms with Crippen molar-refractivity contribution in [3.63, 3.8) is 0 Å². The highest BCUT2D eigenvalue weighted by molar-refractivity contribution is 6.30. The number of ether oxygens (including phenoxy) is 1. The lowest BCUT2D eigenvalue weighted by Gasteiger charge is -2.21. The van der Waals surface area contributed by atoms with Crippen LogP contribution >= 0.6 is 11.6 Å². The van der Waals surface area contributed by atoms with E-state index in [1.165, 1.54) is 18.2 Å². The summed E-state index contributed by atoms with van der Waals surface area (Å²) in [6.45, 7) is 1.82. The zero-order valence-corrected chi connectivity index (χ0v) is 13.9. The average molecular weight is 349 g/mol. The number of carbonyl (C=O) groups is 1. The van der Waals surface area contributed by atoms with Crippen LogP contribution < -0.4 is 15.0 Å². The van der Waals surface area contributed by atoms with Crippen molar-refractivity contribution in [1.29, 1.82) is 0 Å². The smallest absolute Gasteiger partial charge is 0.262 e. The van der Waals surface area contributed by atoms with Crippen molar-refractivity contribution in [3.05, 3.63) is 53.3 Å². The molecule has 1 aliphatic heterocycles. The van der Waals surface area contributed by atoms with Crippen molar-refractivity contribution < 1.29 is 13.9 Å². The molecule has 0 saturated carbocycles. The minimum atomic E-state index is -0.520. The largest absolute Gasteiger partial charge is 0.484 e. The van der Waals surface area contributed by atoms with E-state index in [0.29, 0.717) is 5.75 Å². The summed E-state index contributed by atoms with van der Waals surface area (Å²) in [6, 6.07) is 11.7. The second-order valence-corrected chi connectivity index (χ2v) is 6.03. The van der Waals surface area contributed by atoms with Crippen LogP contribution in [0.4, 0.5) is 15.8 Å². The van der Waals surface area contributed by atoms with Crippen LogP contribution in [0.2, 0.25) is 5.02 Å². The Morgan fingerprint density at radius 2 is 1.96 bits per heavy atom. The molecule has 0 radical (unpaired) electrons. The first-order chi connectivity index (χ1) is 11.6. The highest BCUT2D eigenvalue weighted by Gasteiger charge is 2.16. The predicted molar refractivity (Wildman–Crippen MR) is 93.4 cm³/mol. The number of amides is 1. The van der Waals surface area contributed by atoms with E-state index in [1.807, 2.05) is 24.3 Å². The number of rotatable bonds is 5. The van der Waals surface area contributed by atoms with Gasteiger partial charge in [-0.15, -0.1) is 0 Å². The van der Waals surface area contributed by atoms with Crippen LogP contribution in [0.3, 0.4) is 0 Å². The first kappa shape index (κ1) is 16.6. The molecule has 24 heavy (non-hydrogen) atoms. The fourth-order valence-electron chi connectivity index (χ4n) is 2.71. The lowest BCUT2D eigenvalue weighted by atomic mass is 10.2. The number of carbonyl (C=O) groups excluding carboxylic acids is 1. The summed E-state index contributed by atoms with van der Waals surface area (Å²) < 4.78 is 18.5. The Morgan fingerprint density at radius 1 is 1.21 bits per heavy atom. The van der Waals surface area contributed by atoms with Crippen LogP contribution in [0.1, 0.15) is 12.8 Å². The number of hydrogen-bond donors (Lipinski definition) is 1. The molecule has 3 rings (SSSR count). The lowest BCUT2D eigenvalue weighted by Crippen LogP contribution is -2.24. The molecular weight excluding hydrogens is 331 g/mol. The summed E-state index contributed by atoms with van der Waals surface area (Å²) in [7, 11) is 0. The molecule has 0 unspecified atom stereocenters. The molecule has 1 amide bonds. The summed E-state index contributed by atoms with van der Waals surface area (Å²) in [5.41, 5.74) is 1.79. The lowest BCUT2D eigenvalue weighted by molar-refractivity contribution is -0.118. The standard InChI is InChI=1S/C18H18ClFN2O2/c19-14-11-13(7-8-15(14)20)24-12-18(23)21-16-5-1-2-6-17(16)22-9-3-4-10-22/h1-2,5-8,11H,3-4,9-10,12H2,(H,21,23). The number of anilines is 2. The zero-order chi connectivity index (χ0) is 16.9. The molecule has 6 heteroatoms. The van der Waals surface area contributed by atoms with E-state index < -0.39 is 5.82 Å². The molecule has 0 aliphatic carbocycles. The quantitative estimate of drug-likeness (QED) is 0.884. The average Bonchev–Trinajstić information content (AvgIpc) is 3.11. The van der Waals surface area contributed by atoms with E-state index in [-0.39, 0.29) is 17.5 Å². The van der Waals surface area contributed by atoms with Gasteiger partial charge in [0, 0.05) is 19.2 Å². The molecule has 1 heterocycles. The Hall–Kier alpha value is -2.27. The van der Waals surface area contributed by atoms with Crippen LogP contribution in [0.15, 0.2) is 42.5 Å². The molecule has 0 spiro atoms. The van der Waals surface area contributed by atoms with Crippen LogP contribution in [0, 0.1) is 5.82 Å². The first-order valence-corrected chi connectivity index (χ1v) is 8.23. The predicted octanol–water partition coefficient (Wildman–Crippen LogP) is 4.10. The fourth-order valence-corrected chi connectivity index (χ4v) is 2.89. The molecule has 2 aromatic rings. The van der Waals surface area contributed by atoms with E-state index in [4.69, 9.17) is 16.3 Å². The van der Waals surface area contributed by atoms with Gasteiger partial charge in [0.2, 0.25) is 0 Å². The first-order valence-electron chi connectivity index (χ1n) is 7.85. The normalized spacial score (nSPS) is 13.8. The van der Waals surface area contributed by atoms with Gasteiger partial charge < -0.3 is 15.0 Å². The summed E-state index contributed by atoms with van der Waals surface area (Å²) >= 11 is 5.69. The van der Waals surface area contributed by atoms with Gasteiger partial charge in [0.05, 0.1) is 16.4 Å². The monoisotopic (exact) mass is 348 g/mol. The molecular formula is C18H18ClFN2O2. The molecule has 1 saturated heterocycles. The molecule has 1 aliphatic rings. The molecule has 0 bridgehead atoms. The Kier molecular flexibility index (Phi) is 5.20. The van der Waals surface area contributed by atoms with Crippen LogP contribution in [-0.4, -0.2) is 25.6 Å². The number of nitrogens with zero attached hydrogens (tertiary/aromatic N) is 1. The summed E-state index contributed by atoms with van der Waals surface area (Å²) in [5.74, 6) is -0.445. The van der Waals surface area contributed by atoms with Crippen molar-refractivity contribution in [2.24, 2.45) is 0 Å². The maximum atomic E-state index is 13.1. The Bertz CT molecular complexity index is 733. The van der Waals surface area contributed by atoms with E-state index in [2.05, 4.69) is 10.2 Å². The van der Waals surface area contributed by atoms with Gasteiger partial charge in [-0.1, -0.05) is 23.7 Å². The molecule has 126 valence electrons. The number of benzene rings is 2. The molecule has 0 atom stereocenters. The highest BCUT2D eigenvalue weighted by atomic mass is 35.5. The third-order valence-corrected chi connectivity index (χ3v) is 4.18. The van der Waals surface area contributed by atoms with E-state index >= 15 is 0 Å². The fraction of sp³-hybridized carbons (Fsp3) is 0.278. The molecule has 0 aromatic heterocycles. The topological polar surface area (TPSA) is 41.6 Å². The van der Waals surface area contributed by atoms with Crippen molar-refractivity contribution in [1.82, 2.24) is 0 Å². The maximum Gasteiger partial charge on any atom is 0.262 e. The van der Waals surface area contributed by atoms with Gasteiger partial charge in [-0.05, 0) is 37.1 Å².